The summed E-state index contributed by atoms with van der Waals surface area (Å²) in [5, 5.41) is 3.40. The molecule has 94 valence electrons. The molecule has 1 atom stereocenters. The number of nitrogens with zero attached hydrogens (tertiary/aromatic N) is 1. The van der Waals surface area contributed by atoms with E-state index in [0.717, 1.165) is 18.0 Å². The topological polar surface area (TPSA) is 15.3 Å². The van der Waals surface area contributed by atoms with Gasteiger partial charge < -0.3 is 10.2 Å². The molecule has 2 rings (SSSR count). The average Bonchev–Trinajstić information content (AvgIpc) is 3.16. The highest BCUT2D eigenvalue weighted by Gasteiger charge is 2.33. The van der Waals surface area contributed by atoms with Gasteiger partial charge >= 0.3 is 0 Å². The van der Waals surface area contributed by atoms with E-state index >= 15 is 0 Å². The maximum Gasteiger partial charge on any atom is 0.00965 e. The van der Waals surface area contributed by atoms with Gasteiger partial charge in [-0.15, -0.1) is 0 Å². The first-order valence-corrected chi connectivity index (χ1v) is 7.24. The summed E-state index contributed by atoms with van der Waals surface area (Å²) in [5.74, 6) is 1.06. The molecule has 0 heterocycles. The quantitative estimate of drug-likeness (QED) is 0.648. The Hall–Kier alpha value is -0.0800. The van der Waals surface area contributed by atoms with Crippen LogP contribution in [0, 0.1) is 5.92 Å². The molecule has 1 N–H and O–H groups in total. The predicted molar refractivity (Wildman–Crippen MR) is 69.7 cm³/mol. The van der Waals surface area contributed by atoms with E-state index in [-0.39, 0.29) is 0 Å². The number of hydrogen-bond acceptors (Lipinski definition) is 2. The van der Waals surface area contributed by atoms with Crippen molar-refractivity contribution in [2.45, 2.75) is 64.0 Å². The van der Waals surface area contributed by atoms with E-state index in [4.69, 9.17) is 0 Å². The lowest BCUT2D eigenvalue weighted by Gasteiger charge is -2.23. The molecule has 0 spiro atoms. The summed E-state index contributed by atoms with van der Waals surface area (Å²) >= 11 is 0. The Bertz CT molecular complexity index is 193. The molecule has 0 aromatic carbocycles. The first-order valence-electron chi connectivity index (χ1n) is 7.24. The molecule has 0 radical (unpaired) electrons. The molecular formula is C14H28N2. The first-order chi connectivity index (χ1) is 7.83. The third-order valence-electron chi connectivity index (χ3n) is 4.15. The Morgan fingerprint density at radius 3 is 2.50 bits per heavy atom. The molecule has 0 aromatic heterocycles. The van der Waals surface area contributed by atoms with Gasteiger partial charge in [0.15, 0.2) is 0 Å². The molecule has 2 nitrogen and oxygen atoms in total. The Kier molecular flexibility index (Phi) is 4.66. The van der Waals surface area contributed by atoms with Crippen molar-refractivity contribution in [1.29, 1.82) is 0 Å². The van der Waals surface area contributed by atoms with Gasteiger partial charge in [0, 0.05) is 18.6 Å². The van der Waals surface area contributed by atoms with Crippen molar-refractivity contribution in [1.82, 2.24) is 10.2 Å². The number of nitrogens with one attached hydrogen (secondary N) is 1. The number of rotatable bonds is 9. The molecule has 0 saturated heterocycles. The van der Waals surface area contributed by atoms with Crippen LogP contribution in [0.2, 0.25) is 0 Å². The van der Waals surface area contributed by atoms with E-state index in [1.54, 1.807) is 0 Å². The molecule has 2 heteroatoms. The lowest BCUT2D eigenvalue weighted by Crippen LogP contribution is -2.31. The van der Waals surface area contributed by atoms with Crippen molar-refractivity contribution in [3.05, 3.63) is 0 Å². The second kappa shape index (κ2) is 6.02. The first kappa shape index (κ1) is 12.4. The smallest absolute Gasteiger partial charge is 0.00965 e. The van der Waals surface area contributed by atoms with Gasteiger partial charge in [0.25, 0.3) is 0 Å². The molecule has 0 aromatic rings. The molecule has 2 fully saturated rings. The molecular weight excluding hydrogens is 196 g/mol. The predicted octanol–water partition coefficient (Wildman–Crippen LogP) is 2.64. The van der Waals surface area contributed by atoms with E-state index < -0.39 is 0 Å². The van der Waals surface area contributed by atoms with Crippen LogP contribution >= 0.6 is 0 Å². The molecule has 2 aliphatic carbocycles. The van der Waals surface area contributed by atoms with Crippen molar-refractivity contribution in [2.75, 3.05) is 20.1 Å². The summed E-state index contributed by atoms with van der Waals surface area (Å²) in [6.45, 7) is 5.03. The van der Waals surface area contributed by atoms with Crippen molar-refractivity contribution in [3.8, 4) is 0 Å². The highest BCUT2D eigenvalue weighted by Crippen LogP contribution is 2.34. The van der Waals surface area contributed by atoms with Crippen LogP contribution in [0.1, 0.15) is 51.9 Å². The standard InChI is InChI=1S/C14H28N2/c1-3-13(15-2)5-4-10-16(14-8-9-14)11-12-6-7-12/h12-15H,3-11H2,1-2H3. The summed E-state index contributed by atoms with van der Waals surface area (Å²) in [4.78, 5) is 2.78. The Morgan fingerprint density at radius 2 is 2.00 bits per heavy atom. The molecule has 0 aliphatic heterocycles. The minimum Gasteiger partial charge on any atom is -0.317 e. The fourth-order valence-corrected chi connectivity index (χ4v) is 2.59. The van der Waals surface area contributed by atoms with Crippen LogP contribution in [0.15, 0.2) is 0 Å². The van der Waals surface area contributed by atoms with E-state index in [2.05, 4.69) is 24.2 Å². The Labute approximate surface area is 101 Å². The van der Waals surface area contributed by atoms with E-state index in [1.807, 2.05) is 0 Å². The largest absolute Gasteiger partial charge is 0.317 e. The average molecular weight is 224 g/mol. The molecule has 2 aliphatic rings. The summed E-state index contributed by atoms with van der Waals surface area (Å²) in [6.07, 6.45) is 9.92. The van der Waals surface area contributed by atoms with Crippen LogP contribution in [0.5, 0.6) is 0 Å². The molecule has 0 amide bonds. The van der Waals surface area contributed by atoms with Gasteiger partial charge in [-0.05, 0) is 64.5 Å². The minimum atomic E-state index is 0.738. The lowest BCUT2D eigenvalue weighted by atomic mass is 10.1. The van der Waals surface area contributed by atoms with Crippen LogP contribution in [0.3, 0.4) is 0 Å². The molecule has 1 unspecified atom stereocenters. The second-order valence-electron chi connectivity index (χ2n) is 5.71. The van der Waals surface area contributed by atoms with Gasteiger partial charge in [-0.1, -0.05) is 6.92 Å². The maximum absolute atomic E-state index is 3.40. The van der Waals surface area contributed by atoms with Crippen molar-refractivity contribution >= 4 is 0 Å². The van der Waals surface area contributed by atoms with E-state index in [1.165, 1.54) is 58.0 Å². The highest BCUT2D eigenvalue weighted by molar-refractivity contribution is 4.88. The third-order valence-corrected chi connectivity index (χ3v) is 4.15. The minimum absolute atomic E-state index is 0.738. The van der Waals surface area contributed by atoms with Gasteiger partial charge in [0.05, 0.1) is 0 Å². The number of hydrogen-bond donors (Lipinski definition) is 1. The van der Waals surface area contributed by atoms with Gasteiger partial charge in [-0.25, -0.2) is 0 Å². The van der Waals surface area contributed by atoms with Gasteiger partial charge in [0.2, 0.25) is 0 Å². The summed E-state index contributed by atoms with van der Waals surface area (Å²) in [5.41, 5.74) is 0. The Balaban J connectivity index is 1.61. The van der Waals surface area contributed by atoms with Crippen LogP contribution < -0.4 is 5.32 Å². The van der Waals surface area contributed by atoms with Crippen LogP contribution in [0.25, 0.3) is 0 Å². The van der Waals surface area contributed by atoms with Crippen molar-refractivity contribution < 1.29 is 0 Å². The van der Waals surface area contributed by atoms with Gasteiger partial charge in [0.1, 0.15) is 0 Å². The molecule has 16 heavy (non-hydrogen) atoms. The SMILES string of the molecule is CCC(CCCN(CC1CC1)C1CC1)NC. The molecule has 2 saturated carbocycles. The normalized spacial score (nSPS) is 22.7. The fraction of sp³-hybridized carbons (Fsp3) is 1.00. The summed E-state index contributed by atoms with van der Waals surface area (Å²) in [6, 6.07) is 1.71. The van der Waals surface area contributed by atoms with E-state index in [0.29, 0.717) is 0 Å². The lowest BCUT2D eigenvalue weighted by molar-refractivity contribution is 0.243. The highest BCUT2D eigenvalue weighted by atomic mass is 15.2. The van der Waals surface area contributed by atoms with Gasteiger partial charge in [-0.3, -0.25) is 0 Å². The zero-order valence-electron chi connectivity index (χ0n) is 11.0. The van der Waals surface area contributed by atoms with Crippen LogP contribution in [-0.2, 0) is 0 Å². The zero-order chi connectivity index (χ0) is 11.4. The van der Waals surface area contributed by atoms with Crippen molar-refractivity contribution in [2.24, 2.45) is 5.92 Å². The Morgan fingerprint density at radius 1 is 1.25 bits per heavy atom. The van der Waals surface area contributed by atoms with Crippen LogP contribution in [0.4, 0.5) is 0 Å². The molecule has 0 bridgehead atoms. The van der Waals surface area contributed by atoms with Gasteiger partial charge in [-0.2, -0.15) is 0 Å². The summed E-state index contributed by atoms with van der Waals surface area (Å²) < 4.78 is 0. The van der Waals surface area contributed by atoms with Crippen LogP contribution in [-0.4, -0.2) is 37.1 Å². The zero-order valence-corrected chi connectivity index (χ0v) is 11.0. The van der Waals surface area contributed by atoms with E-state index in [9.17, 15) is 0 Å². The monoisotopic (exact) mass is 224 g/mol. The second-order valence-corrected chi connectivity index (χ2v) is 5.71. The third kappa shape index (κ3) is 4.06. The van der Waals surface area contributed by atoms with Crippen molar-refractivity contribution in [3.63, 3.8) is 0 Å². The maximum atomic E-state index is 3.40. The fourth-order valence-electron chi connectivity index (χ4n) is 2.59. The summed E-state index contributed by atoms with van der Waals surface area (Å²) in [7, 11) is 2.09.